The molecule has 0 aliphatic carbocycles. The van der Waals surface area contributed by atoms with Crippen LogP contribution in [0.25, 0.3) is 0 Å². The van der Waals surface area contributed by atoms with Gasteiger partial charge in [0, 0.05) is 13.1 Å². The average Bonchev–Trinajstić information content (AvgIpc) is 2.59. The van der Waals surface area contributed by atoms with Crippen molar-refractivity contribution in [2.24, 2.45) is 11.3 Å². The summed E-state index contributed by atoms with van der Waals surface area (Å²) in [4.78, 5) is 24.8. The summed E-state index contributed by atoms with van der Waals surface area (Å²) in [7, 11) is 0. The Hall–Kier alpha value is -1.26. The minimum absolute atomic E-state index is 0.0116. The molecule has 18 heavy (non-hydrogen) atoms. The van der Waals surface area contributed by atoms with E-state index < -0.39 is 23.1 Å². The lowest BCUT2D eigenvalue weighted by Crippen LogP contribution is -2.42. The van der Waals surface area contributed by atoms with E-state index >= 15 is 0 Å². The van der Waals surface area contributed by atoms with Gasteiger partial charge in [-0.25, -0.2) is 4.79 Å². The molecule has 0 radical (unpaired) electrons. The summed E-state index contributed by atoms with van der Waals surface area (Å²) in [6.45, 7) is 9.84. The van der Waals surface area contributed by atoms with Gasteiger partial charge >= 0.3 is 12.1 Å². The largest absolute Gasteiger partial charge is 0.481 e. The normalized spacial score (nSPS) is 24.4. The zero-order chi connectivity index (χ0) is 14.1. The van der Waals surface area contributed by atoms with Crippen molar-refractivity contribution in [3.63, 3.8) is 0 Å². The van der Waals surface area contributed by atoms with Gasteiger partial charge in [-0.05, 0) is 33.1 Å². The molecule has 0 bridgehead atoms. The van der Waals surface area contributed by atoms with E-state index in [9.17, 15) is 14.7 Å². The predicted octanol–water partition coefficient (Wildman–Crippen LogP) is 2.35. The number of likely N-dealkylation sites (tertiary alicyclic amines) is 1. The molecule has 1 saturated heterocycles. The molecular weight excluding hydrogens is 234 g/mol. The first-order valence-corrected chi connectivity index (χ1v) is 6.30. The molecule has 1 aliphatic heterocycles. The molecule has 0 aromatic carbocycles. The van der Waals surface area contributed by atoms with Crippen LogP contribution in [-0.2, 0) is 9.53 Å². The molecule has 104 valence electrons. The van der Waals surface area contributed by atoms with E-state index in [1.807, 2.05) is 13.8 Å². The van der Waals surface area contributed by atoms with Crippen molar-refractivity contribution < 1.29 is 19.4 Å². The molecule has 1 amide bonds. The number of nitrogens with zero attached hydrogens (tertiary/aromatic N) is 1. The quantitative estimate of drug-likeness (QED) is 0.824. The van der Waals surface area contributed by atoms with Crippen molar-refractivity contribution >= 4 is 12.1 Å². The molecule has 1 heterocycles. The molecule has 5 nitrogen and oxygen atoms in total. The molecule has 1 atom stereocenters. The minimum atomic E-state index is -0.836. The Morgan fingerprint density at radius 2 is 1.89 bits per heavy atom. The Labute approximate surface area is 108 Å². The summed E-state index contributed by atoms with van der Waals surface area (Å²) in [5, 5.41) is 9.39. The Kier molecular flexibility index (Phi) is 3.93. The van der Waals surface area contributed by atoms with Gasteiger partial charge in [0.05, 0.1) is 5.41 Å². The van der Waals surface area contributed by atoms with E-state index in [1.54, 1.807) is 20.8 Å². The van der Waals surface area contributed by atoms with Gasteiger partial charge in [0.2, 0.25) is 0 Å². The lowest BCUT2D eigenvalue weighted by atomic mass is 9.76. The van der Waals surface area contributed by atoms with Crippen LogP contribution in [0.5, 0.6) is 0 Å². The maximum absolute atomic E-state index is 11.9. The fourth-order valence-corrected chi connectivity index (χ4v) is 2.21. The lowest BCUT2D eigenvalue weighted by molar-refractivity contribution is -0.150. The summed E-state index contributed by atoms with van der Waals surface area (Å²) in [5.74, 6) is -0.842. The van der Waals surface area contributed by atoms with Gasteiger partial charge in [-0.3, -0.25) is 4.79 Å². The van der Waals surface area contributed by atoms with Crippen LogP contribution in [0.2, 0.25) is 0 Å². The van der Waals surface area contributed by atoms with Crippen LogP contribution in [0.3, 0.4) is 0 Å². The number of ether oxygens (including phenoxy) is 1. The number of carbonyl (C=O) groups excluding carboxylic acids is 1. The molecule has 0 aromatic rings. The molecule has 1 aliphatic rings. The third kappa shape index (κ3) is 2.94. The van der Waals surface area contributed by atoms with Crippen LogP contribution in [0.4, 0.5) is 4.79 Å². The van der Waals surface area contributed by atoms with Crippen LogP contribution in [0, 0.1) is 11.3 Å². The number of amides is 1. The van der Waals surface area contributed by atoms with Crippen LogP contribution >= 0.6 is 0 Å². The van der Waals surface area contributed by atoms with Crippen molar-refractivity contribution in [2.75, 3.05) is 13.1 Å². The fourth-order valence-electron chi connectivity index (χ4n) is 2.21. The summed E-state index contributed by atoms with van der Waals surface area (Å²) in [6, 6.07) is 0. The molecule has 1 fully saturated rings. The van der Waals surface area contributed by atoms with Gasteiger partial charge in [0.25, 0.3) is 0 Å². The van der Waals surface area contributed by atoms with Crippen molar-refractivity contribution in [2.45, 2.75) is 46.6 Å². The maximum atomic E-state index is 11.9. The molecule has 5 heteroatoms. The summed E-state index contributed by atoms with van der Waals surface area (Å²) in [5.41, 5.74) is -1.39. The van der Waals surface area contributed by atoms with E-state index in [0.29, 0.717) is 13.0 Å². The van der Waals surface area contributed by atoms with E-state index in [0.717, 1.165) is 0 Å². The summed E-state index contributed by atoms with van der Waals surface area (Å²) >= 11 is 0. The van der Waals surface area contributed by atoms with Gasteiger partial charge in [-0.15, -0.1) is 0 Å². The van der Waals surface area contributed by atoms with Gasteiger partial charge in [-0.2, -0.15) is 0 Å². The first-order valence-electron chi connectivity index (χ1n) is 6.30. The Bertz CT molecular complexity index is 345. The second-order valence-electron chi connectivity index (χ2n) is 6.27. The predicted molar refractivity (Wildman–Crippen MR) is 67.3 cm³/mol. The highest BCUT2D eigenvalue weighted by atomic mass is 16.6. The number of aliphatic carboxylic acids is 1. The topological polar surface area (TPSA) is 66.8 Å². The van der Waals surface area contributed by atoms with Crippen LogP contribution in [-0.4, -0.2) is 40.8 Å². The average molecular weight is 257 g/mol. The molecule has 0 saturated carbocycles. The van der Waals surface area contributed by atoms with Crippen molar-refractivity contribution in [1.29, 1.82) is 0 Å². The molecule has 0 aromatic heterocycles. The maximum Gasteiger partial charge on any atom is 0.410 e. The van der Waals surface area contributed by atoms with Crippen molar-refractivity contribution in [3.8, 4) is 0 Å². The standard InChI is InChI=1S/C13H23NO4/c1-9(2)13(10(15)16)6-7-14(8-13)11(17)18-12(3,4)5/h9H,6-8H2,1-5H3,(H,15,16). The molecular formula is C13H23NO4. The Morgan fingerprint density at radius 1 is 1.33 bits per heavy atom. The van der Waals surface area contributed by atoms with Crippen LogP contribution < -0.4 is 0 Å². The SMILES string of the molecule is CC(C)C1(C(=O)O)CCN(C(=O)OC(C)(C)C)C1. The van der Waals surface area contributed by atoms with Gasteiger partial charge in [0.15, 0.2) is 0 Å². The number of hydrogen-bond acceptors (Lipinski definition) is 3. The number of carbonyl (C=O) groups is 2. The monoisotopic (exact) mass is 257 g/mol. The zero-order valence-electron chi connectivity index (χ0n) is 11.8. The minimum Gasteiger partial charge on any atom is -0.481 e. The second kappa shape index (κ2) is 4.78. The van der Waals surface area contributed by atoms with Gasteiger partial charge in [-0.1, -0.05) is 13.8 Å². The fraction of sp³-hybridized carbons (Fsp3) is 0.846. The smallest absolute Gasteiger partial charge is 0.410 e. The van der Waals surface area contributed by atoms with E-state index in [2.05, 4.69) is 0 Å². The van der Waals surface area contributed by atoms with E-state index in [-0.39, 0.29) is 12.5 Å². The molecule has 1 N–H and O–H groups in total. The summed E-state index contributed by atoms with van der Waals surface area (Å²) in [6.07, 6.45) is 0.0606. The number of carboxylic acid groups (broad SMARTS) is 1. The first-order chi connectivity index (χ1) is 8.08. The Morgan fingerprint density at radius 3 is 2.22 bits per heavy atom. The van der Waals surface area contributed by atoms with Crippen molar-refractivity contribution in [1.82, 2.24) is 4.90 Å². The highest BCUT2D eigenvalue weighted by Gasteiger charge is 2.49. The number of hydrogen-bond donors (Lipinski definition) is 1. The highest BCUT2D eigenvalue weighted by molar-refractivity contribution is 5.78. The first kappa shape index (κ1) is 14.8. The zero-order valence-corrected chi connectivity index (χ0v) is 11.8. The third-order valence-corrected chi connectivity index (χ3v) is 3.48. The number of rotatable bonds is 2. The Balaban J connectivity index is 2.76. The summed E-state index contributed by atoms with van der Waals surface area (Å²) < 4.78 is 5.27. The van der Waals surface area contributed by atoms with E-state index in [1.165, 1.54) is 4.90 Å². The van der Waals surface area contributed by atoms with E-state index in [4.69, 9.17) is 4.74 Å². The van der Waals surface area contributed by atoms with Gasteiger partial charge < -0.3 is 14.7 Å². The third-order valence-electron chi connectivity index (χ3n) is 3.48. The molecule has 0 spiro atoms. The molecule has 1 rings (SSSR count). The lowest BCUT2D eigenvalue weighted by Gasteiger charge is -2.29. The second-order valence-corrected chi connectivity index (χ2v) is 6.27. The molecule has 1 unspecified atom stereocenters. The number of carboxylic acids is 1. The van der Waals surface area contributed by atoms with Crippen LogP contribution in [0.15, 0.2) is 0 Å². The van der Waals surface area contributed by atoms with Gasteiger partial charge in [0.1, 0.15) is 5.60 Å². The van der Waals surface area contributed by atoms with Crippen LogP contribution in [0.1, 0.15) is 41.0 Å². The highest BCUT2D eigenvalue weighted by Crippen LogP contribution is 2.38. The van der Waals surface area contributed by atoms with Crippen molar-refractivity contribution in [3.05, 3.63) is 0 Å².